The van der Waals surface area contributed by atoms with Crippen molar-refractivity contribution in [3.05, 3.63) is 0 Å². The summed E-state index contributed by atoms with van der Waals surface area (Å²) < 4.78 is 0.379. The predicted octanol–water partition coefficient (Wildman–Crippen LogP) is 2.12. The Morgan fingerprint density at radius 1 is 1.54 bits per heavy atom. The van der Waals surface area contributed by atoms with Gasteiger partial charge in [0.25, 0.3) is 0 Å². The van der Waals surface area contributed by atoms with Crippen molar-refractivity contribution in [2.24, 2.45) is 0 Å². The van der Waals surface area contributed by atoms with Crippen molar-refractivity contribution < 1.29 is 14.7 Å². The van der Waals surface area contributed by atoms with E-state index in [4.69, 9.17) is 5.11 Å². The first kappa shape index (κ1) is 12.7. The van der Waals surface area contributed by atoms with E-state index in [-0.39, 0.29) is 12.3 Å². The maximum Gasteiger partial charge on any atom is 0.414 e. The zero-order chi connectivity index (χ0) is 10.4. The third-order valence-electron chi connectivity index (χ3n) is 1.58. The van der Waals surface area contributed by atoms with E-state index in [0.717, 1.165) is 4.90 Å². The van der Waals surface area contributed by atoms with E-state index in [1.165, 1.54) is 0 Å². The van der Waals surface area contributed by atoms with Gasteiger partial charge < -0.3 is 5.11 Å². The lowest BCUT2D eigenvalue weighted by atomic mass is 10.3. The quantitative estimate of drug-likeness (QED) is 0.639. The van der Waals surface area contributed by atoms with Crippen molar-refractivity contribution in [2.45, 2.75) is 30.6 Å². The minimum Gasteiger partial charge on any atom is -0.465 e. The van der Waals surface area contributed by atoms with Crippen molar-refractivity contribution in [3.63, 3.8) is 0 Å². The van der Waals surface area contributed by atoms with Crippen LogP contribution in [0.25, 0.3) is 0 Å². The van der Waals surface area contributed by atoms with Gasteiger partial charge in [-0.25, -0.2) is 9.69 Å². The lowest BCUT2D eigenvalue weighted by Gasteiger charge is -2.16. The molecule has 76 valence electrons. The first-order chi connectivity index (χ1) is 5.99. The molecule has 0 rings (SSSR count). The number of carbonyl (C=O) groups is 2. The van der Waals surface area contributed by atoms with Gasteiger partial charge in [-0.15, -0.1) is 0 Å². The highest BCUT2D eigenvalue weighted by molar-refractivity contribution is 14.1. The number of nitrogens with zero attached hydrogens (tertiary/aromatic N) is 1. The molecule has 0 aliphatic carbocycles. The maximum atomic E-state index is 11.1. The highest BCUT2D eigenvalue weighted by Crippen LogP contribution is 2.06. The number of carbonyl (C=O) groups excluding carboxylic acids is 1. The Labute approximate surface area is 91.4 Å². The van der Waals surface area contributed by atoms with Gasteiger partial charge in [-0.1, -0.05) is 36.4 Å². The average Bonchev–Trinajstić information content (AvgIpc) is 2.03. The van der Waals surface area contributed by atoms with Crippen LogP contribution < -0.4 is 0 Å². The molecule has 1 atom stereocenters. The number of rotatable bonds is 4. The number of carboxylic acid groups (broad SMARTS) is 1. The Kier molecular flexibility index (Phi) is 6.02. The van der Waals surface area contributed by atoms with Gasteiger partial charge in [0.15, 0.2) is 0 Å². The molecule has 2 amide bonds. The molecule has 0 bridgehead atoms. The minimum absolute atomic E-state index is 0.238. The SMILES string of the molecule is CCC(=O)N(CCC(C)I)C(=O)O. The summed E-state index contributed by atoms with van der Waals surface area (Å²) in [6.07, 6.45) is -0.204. The number of hydrogen-bond donors (Lipinski definition) is 1. The minimum atomic E-state index is -1.15. The fraction of sp³-hybridized carbons (Fsp3) is 0.750. The van der Waals surface area contributed by atoms with Crippen LogP contribution in [0.3, 0.4) is 0 Å². The van der Waals surface area contributed by atoms with Crippen LogP contribution in [-0.4, -0.2) is 32.5 Å². The van der Waals surface area contributed by atoms with Crippen LogP contribution in [0.5, 0.6) is 0 Å². The van der Waals surface area contributed by atoms with Gasteiger partial charge in [-0.3, -0.25) is 4.79 Å². The molecule has 4 nitrogen and oxygen atoms in total. The van der Waals surface area contributed by atoms with Crippen molar-refractivity contribution in [1.29, 1.82) is 0 Å². The van der Waals surface area contributed by atoms with Crippen molar-refractivity contribution in [3.8, 4) is 0 Å². The molecule has 0 aliphatic heterocycles. The molecule has 1 unspecified atom stereocenters. The van der Waals surface area contributed by atoms with E-state index >= 15 is 0 Å². The second-order valence-electron chi connectivity index (χ2n) is 2.75. The van der Waals surface area contributed by atoms with Gasteiger partial charge in [0, 0.05) is 16.9 Å². The first-order valence-electron chi connectivity index (χ1n) is 4.16. The molecular weight excluding hydrogens is 285 g/mol. The number of halogens is 1. The van der Waals surface area contributed by atoms with Gasteiger partial charge in [0.05, 0.1) is 0 Å². The van der Waals surface area contributed by atoms with Crippen molar-refractivity contribution >= 4 is 34.6 Å². The molecule has 0 aromatic rings. The first-order valence-corrected chi connectivity index (χ1v) is 5.41. The molecule has 13 heavy (non-hydrogen) atoms. The lowest BCUT2D eigenvalue weighted by molar-refractivity contribution is -0.128. The third-order valence-corrected chi connectivity index (χ3v) is 2.21. The monoisotopic (exact) mass is 299 g/mol. The predicted molar refractivity (Wildman–Crippen MR) is 58.1 cm³/mol. The number of amides is 2. The highest BCUT2D eigenvalue weighted by Gasteiger charge is 2.18. The summed E-state index contributed by atoms with van der Waals surface area (Å²) in [5, 5.41) is 8.69. The van der Waals surface area contributed by atoms with Gasteiger partial charge in [-0.2, -0.15) is 0 Å². The second-order valence-corrected chi connectivity index (χ2v) is 4.88. The van der Waals surface area contributed by atoms with Crippen LogP contribution in [0.15, 0.2) is 0 Å². The third kappa shape index (κ3) is 5.07. The molecule has 1 N–H and O–H groups in total. The molecule has 0 saturated heterocycles. The molecule has 5 heteroatoms. The van der Waals surface area contributed by atoms with Crippen LogP contribution in [0.4, 0.5) is 4.79 Å². The summed E-state index contributed by atoms with van der Waals surface area (Å²) in [7, 11) is 0. The largest absolute Gasteiger partial charge is 0.465 e. The van der Waals surface area contributed by atoms with E-state index in [0.29, 0.717) is 16.9 Å². The van der Waals surface area contributed by atoms with Crippen LogP contribution in [-0.2, 0) is 4.79 Å². The molecular formula is C8H14INO3. The zero-order valence-corrected chi connectivity index (χ0v) is 9.95. The van der Waals surface area contributed by atoms with Crippen molar-refractivity contribution in [1.82, 2.24) is 4.90 Å². The Morgan fingerprint density at radius 3 is 2.38 bits per heavy atom. The number of hydrogen-bond acceptors (Lipinski definition) is 2. The standard InChI is InChI=1S/C8H14INO3/c1-3-7(11)10(8(12)13)5-4-6(2)9/h6H,3-5H2,1-2H3,(H,12,13). The zero-order valence-electron chi connectivity index (χ0n) is 7.79. The van der Waals surface area contributed by atoms with Gasteiger partial charge >= 0.3 is 6.09 Å². The van der Waals surface area contributed by atoms with Gasteiger partial charge in [-0.05, 0) is 6.42 Å². The van der Waals surface area contributed by atoms with E-state index in [9.17, 15) is 9.59 Å². The van der Waals surface area contributed by atoms with E-state index in [2.05, 4.69) is 22.6 Å². The van der Waals surface area contributed by atoms with Gasteiger partial charge in [0.1, 0.15) is 0 Å². The van der Waals surface area contributed by atoms with E-state index < -0.39 is 6.09 Å². The molecule has 0 saturated carbocycles. The Balaban J connectivity index is 4.11. The number of alkyl halides is 1. The van der Waals surface area contributed by atoms with Crippen LogP contribution >= 0.6 is 22.6 Å². The lowest BCUT2D eigenvalue weighted by Crippen LogP contribution is -2.36. The molecule has 0 heterocycles. The second kappa shape index (κ2) is 6.17. The van der Waals surface area contributed by atoms with Crippen LogP contribution in [0, 0.1) is 0 Å². The summed E-state index contributed by atoms with van der Waals surface area (Å²) in [4.78, 5) is 22.6. The molecule has 0 aromatic heterocycles. The van der Waals surface area contributed by atoms with E-state index in [1.807, 2.05) is 6.92 Å². The summed E-state index contributed by atoms with van der Waals surface area (Å²) in [5.74, 6) is -0.329. The Hall–Kier alpha value is -0.330. The average molecular weight is 299 g/mol. The molecule has 0 radical (unpaired) electrons. The topological polar surface area (TPSA) is 57.6 Å². The maximum absolute atomic E-state index is 11.1. The molecule has 0 spiro atoms. The molecule has 0 fully saturated rings. The van der Waals surface area contributed by atoms with Crippen LogP contribution in [0.1, 0.15) is 26.7 Å². The molecule has 0 aromatic carbocycles. The summed E-state index contributed by atoms with van der Waals surface area (Å²) in [6, 6.07) is 0. The Morgan fingerprint density at radius 2 is 2.08 bits per heavy atom. The summed E-state index contributed by atoms with van der Waals surface area (Å²) >= 11 is 2.20. The highest BCUT2D eigenvalue weighted by atomic mass is 127. The normalized spacial score (nSPS) is 12.2. The fourth-order valence-electron chi connectivity index (χ4n) is 0.825. The van der Waals surface area contributed by atoms with Crippen LogP contribution in [0.2, 0.25) is 0 Å². The molecule has 0 aliphatic rings. The fourth-order valence-corrected chi connectivity index (χ4v) is 1.10. The van der Waals surface area contributed by atoms with Crippen molar-refractivity contribution in [2.75, 3.05) is 6.54 Å². The summed E-state index contributed by atoms with van der Waals surface area (Å²) in [6.45, 7) is 3.94. The van der Waals surface area contributed by atoms with E-state index in [1.54, 1.807) is 6.92 Å². The number of imide groups is 1. The Bertz CT molecular complexity index is 194. The smallest absolute Gasteiger partial charge is 0.414 e. The summed E-state index contributed by atoms with van der Waals surface area (Å²) in [5.41, 5.74) is 0. The van der Waals surface area contributed by atoms with Gasteiger partial charge in [0.2, 0.25) is 5.91 Å².